The first kappa shape index (κ1) is 15.9. The second-order valence-corrected chi connectivity index (χ2v) is 5.81. The molecule has 0 aromatic carbocycles. The smallest absolute Gasteiger partial charge is 0.269 e. The molecule has 0 aliphatic rings. The van der Waals surface area contributed by atoms with Crippen LogP contribution in [0.5, 0.6) is 0 Å². The summed E-state index contributed by atoms with van der Waals surface area (Å²) in [5.74, 6) is -0.378. The Morgan fingerprint density at radius 1 is 1.45 bits per heavy atom. The molecule has 0 radical (unpaired) electrons. The second-order valence-electron chi connectivity index (χ2n) is 4.75. The van der Waals surface area contributed by atoms with E-state index in [0.717, 1.165) is 11.4 Å². The third-order valence-corrected chi connectivity index (χ3v) is 4.12. The summed E-state index contributed by atoms with van der Waals surface area (Å²) in [5, 5.41) is 20.6. The van der Waals surface area contributed by atoms with Gasteiger partial charge in [-0.25, -0.2) is 0 Å². The van der Waals surface area contributed by atoms with Crippen LogP contribution in [-0.4, -0.2) is 20.7 Å². The number of nitriles is 1. The van der Waals surface area contributed by atoms with Crippen molar-refractivity contribution < 1.29 is 4.79 Å². The number of hydrogen-bond donors (Lipinski definition) is 1. The highest BCUT2D eigenvalue weighted by Crippen LogP contribution is 2.15. The molecule has 8 heteroatoms. The Balaban J connectivity index is 2.22. The van der Waals surface area contributed by atoms with Crippen LogP contribution in [0.2, 0.25) is 0 Å². The number of anilines is 1. The van der Waals surface area contributed by atoms with Crippen molar-refractivity contribution in [3.05, 3.63) is 38.2 Å². The molecule has 0 aliphatic heterocycles. The molecule has 22 heavy (non-hydrogen) atoms. The summed E-state index contributed by atoms with van der Waals surface area (Å²) in [6.07, 6.45) is 0.746. The lowest BCUT2D eigenvalue weighted by Gasteiger charge is -2.11. The van der Waals surface area contributed by atoms with Crippen LogP contribution in [0.4, 0.5) is 5.13 Å². The first-order valence-corrected chi connectivity index (χ1v) is 7.51. The largest absolute Gasteiger partial charge is 0.302 e. The Morgan fingerprint density at radius 2 is 2.18 bits per heavy atom. The highest BCUT2D eigenvalue weighted by molar-refractivity contribution is 7.15. The molecule has 2 aromatic heterocycles. The fraction of sp³-hybridized carbons (Fsp3) is 0.357. The molecule has 114 valence electrons. The minimum absolute atomic E-state index is 0.0579. The van der Waals surface area contributed by atoms with Gasteiger partial charge >= 0.3 is 0 Å². The summed E-state index contributed by atoms with van der Waals surface area (Å²) in [7, 11) is 0. The number of nitrogens with zero attached hydrogens (tertiary/aromatic N) is 4. The molecule has 2 rings (SSSR count). The summed E-state index contributed by atoms with van der Waals surface area (Å²) in [6, 6.07) is 3.60. The van der Waals surface area contributed by atoms with Gasteiger partial charge in [-0.3, -0.25) is 14.9 Å². The highest BCUT2D eigenvalue weighted by atomic mass is 32.1. The Labute approximate surface area is 131 Å². The molecule has 0 spiro atoms. The zero-order valence-corrected chi connectivity index (χ0v) is 13.3. The van der Waals surface area contributed by atoms with Crippen molar-refractivity contribution in [1.82, 2.24) is 14.8 Å². The first-order chi connectivity index (χ1) is 10.5. The van der Waals surface area contributed by atoms with E-state index in [1.807, 2.05) is 13.0 Å². The van der Waals surface area contributed by atoms with Gasteiger partial charge in [0, 0.05) is 5.69 Å². The van der Waals surface area contributed by atoms with Crippen molar-refractivity contribution in [2.75, 3.05) is 5.32 Å². The normalized spacial score (nSPS) is 10.3. The van der Waals surface area contributed by atoms with Gasteiger partial charge in [-0.2, -0.15) is 5.26 Å². The molecule has 0 unspecified atom stereocenters. The van der Waals surface area contributed by atoms with E-state index in [1.165, 1.54) is 15.9 Å². The van der Waals surface area contributed by atoms with Crippen LogP contribution in [-0.2, 0) is 17.8 Å². The monoisotopic (exact) mass is 317 g/mol. The van der Waals surface area contributed by atoms with Gasteiger partial charge in [-0.1, -0.05) is 18.3 Å². The maximum absolute atomic E-state index is 12.2. The fourth-order valence-corrected chi connectivity index (χ4v) is 2.70. The number of aryl methyl sites for hydroxylation is 3. The Morgan fingerprint density at radius 3 is 2.77 bits per heavy atom. The van der Waals surface area contributed by atoms with E-state index in [-0.39, 0.29) is 18.0 Å². The highest BCUT2D eigenvalue weighted by Gasteiger charge is 2.14. The average Bonchev–Trinajstić information content (AvgIpc) is 2.91. The van der Waals surface area contributed by atoms with Crippen LogP contribution in [0, 0.1) is 25.2 Å². The average molecular weight is 317 g/mol. The van der Waals surface area contributed by atoms with E-state index in [2.05, 4.69) is 15.5 Å². The lowest BCUT2D eigenvalue weighted by molar-refractivity contribution is -0.116. The minimum Gasteiger partial charge on any atom is -0.302 e. The molecule has 1 N–H and O–H groups in total. The molecule has 2 aromatic rings. The number of rotatable bonds is 4. The van der Waals surface area contributed by atoms with Crippen molar-refractivity contribution in [3.63, 3.8) is 0 Å². The van der Waals surface area contributed by atoms with Gasteiger partial charge in [0.05, 0.1) is 0 Å². The summed E-state index contributed by atoms with van der Waals surface area (Å²) < 4.78 is 1.28. The van der Waals surface area contributed by atoms with E-state index in [1.54, 1.807) is 19.9 Å². The molecular weight excluding hydrogens is 302 g/mol. The second kappa shape index (κ2) is 6.49. The number of nitrogens with one attached hydrogen (secondary N) is 1. The lowest BCUT2D eigenvalue weighted by Crippen LogP contribution is -2.31. The molecular formula is C14H15N5O2S. The van der Waals surface area contributed by atoms with Gasteiger partial charge < -0.3 is 4.57 Å². The van der Waals surface area contributed by atoms with Gasteiger partial charge in [0.15, 0.2) is 0 Å². The number of hydrogen-bond acceptors (Lipinski definition) is 6. The van der Waals surface area contributed by atoms with Crippen molar-refractivity contribution in [2.45, 2.75) is 33.7 Å². The topological polar surface area (TPSA) is 101 Å². The predicted octanol–water partition coefficient (Wildman–Crippen LogP) is 1.39. The predicted molar refractivity (Wildman–Crippen MR) is 82.8 cm³/mol. The van der Waals surface area contributed by atoms with Gasteiger partial charge in [0.2, 0.25) is 11.0 Å². The van der Waals surface area contributed by atoms with Crippen LogP contribution in [0.15, 0.2) is 10.9 Å². The van der Waals surface area contributed by atoms with Crippen LogP contribution in [0.3, 0.4) is 0 Å². The number of aromatic nitrogens is 3. The van der Waals surface area contributed by atoms with E-state index in [0.29, 0.717) is 16.4 Å². The number of carbonyl (C=O) groups excluding carboxylic acids is 1. The van der Waals surface area contributed by atoms with Crippen LogP contribution >= 0.6 is 11.3 Å². The van der Waals surface area contributed by atoms with Gasteiger partial charge in [-0.15, -0.1) is 10.2 Å². The molecule has 0 saturated carbocycles. The summed E-state index contributed by atoms with van der Waals surface area (Å²) >= 11 is 1.30. The van der Waals surface area contributed by atoms with Crippen molar-refractivity contribution in [3.8, 4) is 6.07 Å². The Hall–Kier alpha value is -2.53. The third kappa shape index (κ3) is 3.20. The summed E-state index contributed by atoms with van der Waals surface area (Å²) in [4.78, 5) is 24.3. The summed E-state index contributed by atoms with van der Waals surface area (Å²) in [5.41, 5.74) is 0.839. The number of amides is 1. The SMILES string of the molecule is CCc1nnc(NC(=O)Cn2c(C)cc(C)c(C#N)c2=O)s1. The first-order valence-electron chi connectivity index (χ1n) is 6.69. The maximum Gasteiger partial charge on any atom is 0.269 e. The van der Waals surface area contributed by atoms with Crippen molar-refractivity contribution in [1.29, 1.82) is 5.26 Å². The molecule has 0 fully saturated rings. The standard InChI is InChI=1S/C14H15N5O2S/c1-4-12-17-18-14(22-12)16-11(20)7-19-9(3)5-8(2)10(6-15)13(19)21/h5H,4,7H2,1-3H3,(H,16,18,20). The van der Waals surface area contributed by atoms with Crippen LogP contribution in [0.1, 0.15) is 28.8 Å². The molecule has 2 heterocycles. The molecule has 0 bridgehead atoms. The molecule has 1 amide bonds. The Kier molecular flexibility index (Phi) is 4.68. The Bertz CT molecular complexity index is 816. The number of pyridine rings is 1. The van der Waals surface area contributed by atoms with Crippen molar-refractivity contribution >= 4 is 22.4 Å². The molecule has 0 aliphatic carbocycles. The van der Waals surface area contributed by atoms with E-state index < -0.39 is 5.56 Å². The van der Waals surface area contributed by atoms with E-state index in [4.69, 9.17) is 5.26 Å². The van der Waals surface area contributed by atoms with Crippen molar-refractivity contribution in [2.24, 2.45) is 0 Å². The molecule has 7 nitrogen and oxygen atoms in total. The third-order valence-electron chi connectivity index (χ3n) is 3.13. The fourth-order valence-electron chi connectivity index (χ4n) is 2.01. The summed E-state index contributed by atoms with van der Waals surface area (Å²) in [6.45, 7) is 5.21. The van der Waals surface area contributed by atoms with E-state index in [9.17, 15) is 9.59 Å². The maximum atomic E-state index is 12.2. The molecule has 0 atom stereocenters. The van der Waals surface area contributed by atoms with E-state index >= 15 is 0 Å². The van der Waals surface area contributed by atoms with Gasteiger partial charge in [-0.05, 0) is 31.9 Å². The lowest BCUT2D eigenvalue weighted by atomic mass is 10.1. The quantitative estimate of drug-likeness (QED) is 0.918. The zero-order chi connectivity index (χ0) is 16.3. The van der Waals surface area contributed by atoms with Crippen LogP contribution in [0.25, 0.3) is 0 Å². The van der Waals surface area contributed by atoms with Crippen LogP contribution < -0.4 is 10.9 Å². The van der Waals surface area contributed by atoms with Gasteiger partial charge in [0.25, 0.3) is 5.56 Å². The zero-order valence-electron chi connectivity index (χ0n) is 12.5. The van der Waals surface area contributed by atoms with Gasteiger partial charge in [0.1, 0.15) is 23.2 Å². The molecule has 0 saturated heterocycles. The minimum atomic E-state index is -0.457. The number of carbonyl (C=O) groups is 1.